The van der Waals surface area contributed by atoms with Gasteiger partial charge in [-0.3, -0.25) is 0 Å². The molecule has 0 saturated carbocycles. The molecule has 90 valence electrons. The van der Waals surface area contributed by atoms with Gasteiger partial charge in [0.2, 0.25) is 0 Å². The Bertz CT molecular complexity index is 299. The van der Waals surface area contributed by atoms with E-state index in [-0.39, 0.29) is 0 Å². The molecular formula is C14H23NO. The van der Waals surface area contributed by atoms with Crippen LogP contribution in [0.5, 0.6) is 5.75 Å². The maximum atomic E-state index is 5.60. The minimum atomic E-state index is 0.570. The summed E-state index contributed by atoms with van der Waals surface area (Å²) in [5, 5.41) is 3.48. The third-order valence-corrected chi connectivity index (χ3v) is 2.64. The Kier molecular flexibility index (Phi) is 5.94. The van der Waals surface area contributed by atoms with Gasteiger partial charge in [-0.25, -0.2) is 0 Å². The van der Waals surface area contributed by atoms with Crippen molar-refractivity contribution < 1.29 is 4.74 Å². The molecule has 1 aromatic carbocycles. The van der Waals surface area contributed by atoms with Crippen molar-refractivity contribution in [2.24, 2.45) is 0 Å². The van der Waals surface area contributed by atoms with E-state index in [0.29, 0.717) is 6.04 Å². The van der Waals surface area contributed by atoms with Crippen molar-refractivity contribution in [3.63, 3.8) is 0 Å². The Labute approximate surface area is 99.0 Å². The Morgan fingerprint density at radius 1 is 1.31 bits per heavy atom. The van der Waals surface area contributed by atoms with Gasteiger partial charge in [-0.1, -0.05) is 26.0 Å². The molecule has 1 atom stereocenters. The predicted molar refractivity (Wildman–Crippen MR) is 68.8 cm³/mol. The van der Waals surface area contributed by atoms with Crippen molar-refractivity contribution in [1.82, 2.24) is 5.32 Å². The van der Waals surface area contributed by atoms with Gasteiger partial charge in [0.05, 0.1) is 6.61 Å². The van der Waals surface area contributed by atoms with Crippen LogP contribution in [-0.4, -0.2) is 12.6 Å². The lowest BCUT2D eigenvalue weighted by Gasteiger charge is -2.12. The first-order chi connectivity index (χ1) is 7.76. The molecule has 0 amide bonds. The van der Waals surface area contributed by atoms with E-state index in [4.69, 9.17) is 4.74 Å². The fourth-order valence-corrected chi connectivity index (χ4v) is 1.40. The van der Waals surface area contributed by atoms with Crippen molar-refractivity contribution in [3.05, 3.63) is 29.8 Å². The highest BCUT2D eigenvalue weighted by molar-refractivity contribution is 5.28. The summed E-state index contributed by atoms with van der Waals surface area (Å²) in [7, 11) is 0. The van der Waals surface area contributed by atoms with E-state index >= 15 is 0 Å². The van der Waals surface area contributed by atoms with Crippen LogP contribution in [0.25, 0.3) is 0 Å². The zero-order valence-electron chi connectivity index (χ0n) is 10.6. The van der Waals surface area contributed by atoms with Gasteiger partial charge in [-0.2, -0.15) is 0 Å². The summed E-state index contributed by atoms with van der Waals surface area (Å²) in [6.45, 7) is 8.23. The number of hydrogen-bond donors (Lipinski definition) is 1. The minimum Gasteiger partial charge on any atom is -0.494 e. The van der Waals surface area contributed by atoms with Gasteiger partial charge in [-0.15, -0.1) is 0 Å². The molecule has 0 bridgehead atoms. The summed E-state index contributed by atoms with van der Waals surface area (Å²) in [5.74, 6) is 0.977. The van der Waals surface area contributed by atoms with Gasteiger partial charge < -0.3 is 10.1 Å². The van der Waals surface area contributed by atoms with E-state index in [1.165, 1.54) is 5.56 Å². The molecule has 0 heterocycles. The molecule has 0 aliphatic heterocycles. The van der Waals surface area contributed by atoms with Crippen LogP contribution in [0.1, 0.15) is 39.2 Å². The van der Waals surface area contributed by atoms with Crippen molar-refractivity contribution in [3.8, 4) is 5.75 Å². The molecule has 0 spiro atoms. The van der Waals surface area contributed by atoms with Gasteiger partial charge in [0.15, 0.2) is 0 Å². The molecule has 0 aliphatic carbocycles. The number of ether oxygens (including phenoxy) is 1. The zero-order chi connectivity index (χ0) is 11.8. The van der Waals surface area contributed by atoms with Gasteiger partial charge in [0.1, 0.15) is 5.75 Å². The fraction of sp³-hybridized carbons (Fsp3) is 0.571. The minimum absolute atomic E-state index is 0.570. The average molecular weight is 221 g/mol. The smallest absolute Gasteiger partial charge is 0.119 e. The molecule has 1 aromatic rings. The van der Waals surface area contributed by atoms with Gasteiger partial charge in [0, 0.05) is 12.6 Å². The molecule has 0 saturated heterocycles. The fourth-order valence-electron chi connectivity index (χ4n) is 1.40. The number of hydrogen-bond acceptors (Lipinski definition) is 2. The van der Waals surface area contributed by atoms with Gasteiger partial charge >= 0.3 is 0 Å². The summed E-state index contributed by atoms with van der Waals surface area (Å²) < 4.78 is 5.60. The van der Waals surface area contributed by atoms with Gasteiger partial charge in [0.25, 0.3) is 0 Å². The molecular weight excluding hydrogens is 198 g/mol. The summed E-state index contributed by atoms with van der Waals surface area (Å²) in [5.41, 5.74) is 1.29. The van der Waals surface area contributed by atoms with Crippen LogP contribution in [0.15, 0.2) is 24.3 Å². The average Bonchev–Trinajstić information content (AvgIpc) is 2.34. The lowest BCUT2D eigenvalue weighted by Crippen LogP contribution is -2.24. The largest absolute Gasteiger partial charge is 0.494 e. The standard InChI is InChI=1S/C14H23NO/c1-4-9-16-14-8-6-7-13(10-14)11-15-12(3)5-2/h6-8,10,12,15H,4-5,9,11H2,1-3H3/t12-/m0/s1. The van der Waals surface area contributed by atoms with Crippen molar-refractivity contribution in [1.29, 1.82) is 0 Å². The first-order valence-electron chi connectivity index (χ1n) is 6.21. The molecule has 2 nitrogen and oxygen atoms in total. The first kappa shape index (κ1) is 13.0. The molecule has 2 heteroatoms. The molecule has 0 fully saturated rings. The second-order valence-electron chi connectivity index (χ2n) is 4.19. The van der Waals surface area contributed by atoms with Crippen LogP contribution in [0.3, 0.4) is 0 Å². The monoisotopic (exact) mass is 221 g/mol. The maximum absolute atomic E-state index is 5.60. The summed E-state index contributed by atoms with van der Waals surface area (Å²) in [6.07, 6.45) is 2.21. The lowest BCUT2D eigenvalue weighted by atomic mass is 10.2. The highest BCUT2D eigenvalue weighted by Gasteiger charge is 1.99. The lowest BCUT2D eigenvalue weighted by molar-refractivity contribution is 0.317. The highest BCUT2D eigenvalue weighted by atomic mass is 16.5. The van der Waals surface area contributed by atoms with E-state index in [1.807, 2.05) is 6.07 Å². The Morgan fingerprint density at radius 2 is 2.12 bits per heavy atom. The molecule has 0 unspecified atom stereocenters. The van der Waals surface area contributed by atoms with Crippen molar-refractivity contribution in [2.75, 3.05) is 6.61 Å². The number of rotatable bonds is 7. The second-order valence-corrected chi connectivity index (χ2v) is 4.19. The maximum Gasteiger partial charge on any atom is 0.119 e. The topological polar surface area (TPSA) is 21.3 Å². The van der Waals surface area contributed by atoms with Crippen LogP contribution < -0.4 is 10.1 Å². The molecule has 16 heavy (non-hydrogen) atoms. The third kappa shape index (κ3) is 4.67. The molecule has 1 rings (SSSR count). The Balaban J connectivity index is 2.46. The summed E-state index contributed by atoms with van der Waals surface area (Å²) >= 11 is 0. The summed E-state index contributed by atoms with van der Waals surface area (Å²) in [4.78, 5) is 0. The van der Waals surface area contributed by atoms with E-state index in [0.717, 1.165) is 31.7 Å². The first-order valence-corrected chi connectivity index (χ1v) is 6.21. The molecule has 1 N–H and O–H groups in total. The predicted octanol–water partition coefficient (Wildman–Crippen LogP) is 3.36. The van der Waals surface area contributed by atoms with E-state index in [1.54, 1.807) is 0 Å². The normalized spacial score (nSPS) is 12.4. The Morgan fingerprint density at radius 3 is 2.81 bits per heavy atom. The van der Waals surface area contributed by atoms with Crippen LogP contribution in [0, 0.1) is 0 Å². The highest BCUT2D eigenvalue weighted by Crippen LogP contribution is 2.13. The second kappa shape index (κ2) is 7.29. The van der Waals surface area contributed by atoms with E-state index < -0.39 is 0 Å². The molecule has 0 radical (unpaired) electrons. The molecule has 0 aliphatic rings. The van der Waals surface area contributed by atoms with Crippen LogP contribution in [-0.2, 0) is 6.54 Å². The Hall–Kier alpha value is -1.02. The van der Waals surface area contributed by atoms with Crippen LogP contribution >= 0.6 is 0 Å². The van der Waals surface area contributed by atoms with Crippen LogP contribution in [0.2, 0.25) is 0 Å². The molecule has 0 aromatic heterocycles. The quantitative estimate of drug-likeness (QED) is 0.762. The van der Waals surface area contributed by atoms with Crippen LogP contribution in [0.4, 0.5) is 0 Å². The van der Waals surface area contributed by atoms with Crippen molar-refractivity contribution in [2.45, 2.75) is 46.2 Å². The summed E-state index contributed by atoms with van der Waals surface area (Å²) in [6, 6.07) is 8.89. The SMILES string of the molecule is CCCOc1cccc(CN[C@@H](C)CC)c1. The zero-order valence-corrected chi connectivity index (χ0v) is 10.6. The van der Waals surface area contributed by atoms with E-state index in [2.05, 4.69) is 44.3 Å². The van der Waals surface area contributed by atoms with Gasteiger partial charge in [-0.05, 0) is 37.5 Å². The number of nitrogens with one attached hydrogen (secondary N) is 1. The third-order valence-electron chi connectivity index (χ3n) is 2.64. The van der Waals surface area contributed by atoms with Crippen molar-refractivity contribution >= 4 is 0 Å². The van der Waals surface area contributed by atoms with E-state index in [9.17, 15) is 0 Å². The number of benzene rings is 1.